The van der Waals surface area contributed by atoms with E-state index in [1.165, 1.54) is 29.1 Å². The van der Waals surface area contributed by atoms with E-state index >= 15 is 0 Å². The average Bonchev–Trinajstić information content (AvgIpc) is 3.55. The van der Waals surface area contributed by atoms with Crippen molar-refractivity contribution in [2.75, 3.05) is 19.7 Å². The number of benzene rings is 1. The van der Waals surface area contributed by atoms with E-state index in [0.717, 1.165) is 11.3 Å². The van der Waals surface area contributed by atoms with Gasteiger partial charge in [0.1, 0.15) is 29.9 Å². The van der Waals surface area contributed by atoms with Crippen molar-refractivity contribution in [2.45, 2.75) is 56.3 Å². The number of hydrogen-bond acceptors (Lipinski definition) is 9. The predicted molar refractivity (Wildman–Crippen MR) is 147 cm³/mol. The lowest BCUT2D eigenvalue weighted by molar-refractivity contribution is -0.206. The molecule has 5 rings (SSSR count). The highest BCUT2D eigenvalue weighted by Crippen LogP contribution is 2.53. The number of aliphatic hydroxyl groups is 1. The number of fused-ring (bicyclic) bond motifs is 2. The Kier molecular flexibility index (Phi) is 8.61. The molecule has 2 aliphatic heterocycles. The van der Waals surface area contributed by atoms with Crippen LogP contribution in [-0.4, -0.2) is 73.8 Å². The largest absolute Gasteiger partial charge is 0.479 e. The third-order valence-electron chi connectivity index (χ3n) is 7.76. The fraction of sp³-hybridized carbons (Fsp3) is 0.444. The van der Waals surface area contributed by atoms with Crippen LogP contribution in [0.25, 0.3) is 5.69 Å². The van der Waals surface area contributed by atoms with Crippen molar-refractivity contribution >= 4 is 34.9 Å². The minimum Gasteiger partial charge on any atom is -0.479 e. The Bertz CT molecular complexity index is 1540. The van der Waals surface area contributed by atoms with E-state index in [1.54, 1.807) is 17.9 Å². The topological polar surface area (TPSA) is 160 Å². The standard InChI is InChI=1S/C27H28ClF3N4O7S/c1-13-15(11-35(33-13)19-14(10-32)3-2-4-17(19)29)23(42-21(25(39)40)20(36)24(37)38)34-7-5-26(6-8-34)22-16(9-18(28)43-22)27(30,31)12-41-26/h2-4,9,11,20-21,23,36H,5-8,10,12,32H2,1H3,(H,37,38)(H,39,40). The molecule has 3 aromatic rings. The van der Waals surface area contributed by atoms with Gasteiger partial charge in [0.2, 0.25) is 0 Å². The summed E-state index contributed by atoms with van der Waals surface area (Å²) >= 11 is 7.12. The number of carboxylic acid groups (broad SMARTS) is 2. The quantitative estimate of drug-likeness (QED) is 0.271. The summed E-state index contributed by atoms with van der Waals surface area (Å²) in [6.07, 6.45) is -4.11. The zero-order chi connectivity index (χ0) is 31.3. The number of nitrogens with zero attached hydrogens (tertiary/aromatic N) is 3. The zero-order valence-corrected chi connectivity index (χ0v) is 24.2. The molecule has 43 heavy (non-hydrogen) atoms. The molecule has 0 saturated carbocycles. The molecular formula is C27H28ClF3N4O7S. The number of carboxylic acids is 2. The number of rotatable bonds is 9. The van der Waals surface area contributed by atoms with Gasteiger partial charge in [-0.05, 0) is 37.5 Å². The number of aryl methyl sites for hydroxylation is 1. The number of para-hydroxylation sites is 1. The highest BCUT2D eigenvalue weighted by molar-refractivity contribution is 7.16. The first-order valence-electron chi connectivity index (χ1n) is 13.2. The predicted octanol–water partition coefficient (Wildman–Crippen LogP) is 3.52. The van der Waals surface area contributed by atoms with Gasteiger partial charge in [0.25, 0.3) is 5.92 Å². The smallest absolute Gasteiger partial charge is 0.336 e. The van der Waals surface area contributed by atoms with Gasteiger partial charge in [-0.2, -0.15) is 13.9 Å². The van der Waals surface area contributed by atoms with Gasteiger partial charge in [-0.15, -0.1) is 11.3 Å². The van der Waals surface area contributed by atoms with Crippen LogP contribution in [0.4, 0.5) is 13.2 Å². The van der Waals surface area contributed by atoms with Gasteiger partial charge in [0.05, 0.1) is 10.0 Å². The molecule has 5 N–H and O–H groups in total. The Balaban J connectivity index is 1.52. The number of nitrogens with two attached hydrogens (primary N) is 1. The van der Waals surface area contributed by atoms with Crippen molar-refractivity contribution in [2.24, 2.45) is 5.73 Å². The maximum absolute atomic E-state index is 14.9. The summed E-state index contributed by atoms with van der Waals surface area (Å²) in [5.74, 6) is -7.37. The lowest BCUT2D eigenvalue weighted by Gasteiger charge is -2.47. The van der Waals surface area contributed by atoms with E-state index in [0.29, 0.717) is 16.1 Å². The van der Waals surface area contributed by atoms with Crippen LogP contribution in [0.1, 0.15) is 46.3 Å². The van der Waals surface area contributed by atoms with Crippen LogP contribution in [-0.2, 0) is 37.1 Å². The molecule has 1 aromatic carbocycles. The Morgan fingerprint density at radius 1 is 1.26 bits per heavy atom. The number of aromatic nitrogens is 2. The number of thiophene rings is 1. The molecule has 3 atom stereocenters. The van der Waals surface area contributed by atoms with Crippen LogP contribution in [0.5, 0.6) is 0 Å². The number of aliphatic carboxylic acids is 2. The molecule has 11 nitrogen and oxygen atoms in total. The highest BCUT2D eigenvalue weighted by atomic mass is 35.5. The summed E-state index contributed by atoms with van der Waals surface area (Å²) in [5.41, 5.74) is 5.60. The van der Waals surface area contributed by atoms with Gasteiger partial charge in [-0.1, -0.05) is 23.7 Å². The lowest BCUT2D eigenvalue weighted by atomic mass is 9.84. The Morgan fingerprint density at radius 3 is 2.58 bits per heavy atom. The van der Waals surface area contributed by atoms with Crippen LogP contribution < -0.4 is 5.73 Å². The van der Waals surface area contributed by atoms with E-state index in [-0.39, 0.29) is 53.6 Å². The fourth-order valence-electron chi connectivity index (χ4n) is 5.54. The number of carbonyl (C=O) groups is 2. The first-order chi connectivity index (χ1) is 20.3. The first-order valence-corrected chi connectivity index (χ1v) is 14.4. The zero-order valence-electron chi connectivity index (χ0n) is 22.7. The van der Waals surface area contributed by atoms with Gasteiger partial charge in [0, 0.05) is 41.8 Å². The van der Waals surface area contributed by atoms with E-state index in [9.17, 15) is 38.1 Å². The van der Waals surface area contributed by atoms with E-state index in [1.807, 2.05) is 0 Å². The number of alkyl halides is 2. The minimum atomic E-state index is -3.21. The number of piperidine rings is 1. The summed E-state index contributed by atoms with van der Waals surface area (Å²) in [6, 6.07) is 5.58. The van der Waals surface area contributed by atoms with Crippen LogP contribution in [0.15, 0.2) is 30.5 Å². The molecular weight excluding hydrogens is 617 g/mol. The summed E-state index contributed by atoms with van der Waals surface area (Å²) in [6.45, 7) is 0.983. The van der Waals surface area contributed by atoms with E-state index in [4.69, 9.17) is 26.8 Å². The molecule has 232 valence electrons. The molecule has 0 aliphatic carbocycles. The molecule has 3 unspecified atom stereocenters. The number of ether oxygens (including phenoxy) is 2. The van der Waals surface area contributed by atoms with Crippen molar-refractivity contribution in [3.05, 3.63) is 67.9 Å². The normalized spacial score (nSPS) is 20.0. The minimum absolute atomic E-state index is 0.00483. The Morgan fingerprint density at radius 2 is 1.95 bits per heavy atom. The molecule has 2 aromatic heterocycles. The third kappa shape index (κ3) is 5.78. The van der Waals surface area contributed by atoms with Gasteiger partial charge >= 0.3 is 11.9 Å². The first kappa shape index (κ1) is 31.4. The summed E-state index contributed by atoms with van der Waals surface area (Å²) in [5, 5.41) is 33.6. The monoisotopic (exact) mass is 644 g/mol. The molecule has 0 bridgehead atoms. The molecule has 2 aliphatic rings. The van der Waals surface area contributed by atoms with Crippen LogP contribution >= 0.6 is 22.9 Å². The van der Waals surface area contributed by atoms with Gasteiger partial charge in [0.15, 0.2) is 12.2 Å². The summed E-state index contributed by atoms with van der Waals surface area (Å²) in [4.78, 5) is 25.5. The van der Waals surface area contributed by atoms with Crippen LogP contribution in [0.2, 0.25) is 4.34 Å². The second-order valence-electron chi connectivity index (χ2n) is 10.4. The maximum atomic E-state index is 14.9. The van der Waals surface area contributed by atoms with Crippen molar-refractivity contribution in [1.29, 1.82) is 0 Å². The number of likely N-dealkylation sites (tertiary alicyclic amines) is 1. The summed E-state index contributed by atoms with van der Waals surface area (Å²) < 4.78 is 57.1. The molecule has 1 spiro atoms. The van der Waals surface area contributed by atoms with Gasteiger partial charge in [-0.3, -0.25) is 4.90 Å². The Hall–Kier alpha value is -3.05. The van der Waals surface area contributed by atoms with E-state index < -0.39 is 54.3 Å². The summed E-state index contributed by atoms with van der Waals surface area (Å²) in [7, 11) is 0. The van der Waals surface area contributed by atoms with Gasteiger partial charge < -0.3 is 30.5 Å². The SMILES string of the molecule is Cc1nn(-c2c(F)cccc2CN)cc1C(OC(C(=O)O)C(O)C(=O)O)N1CCC2(CC1)OCC(F)(F)c1cc(Cl)sc12. The highest BCUT2D eigenvalue weighted by Gasteiger charge is 2.52. The average molecular weight is 645 g/mol. The number of hydrogen-bond donors (Lipinski definition) is 4. The molecule has 1 saturated heterocycles. The van der Waals surface area contributed by atoms with Crippen molar-refractivity contribution < 1.29 is 47.6 Å². The van der Waals surface area contributed by atoms with Crippen molar-refractivity contribution in [3.63, 3.8) is 0 Å². The number of aliphatic hydroxyl groups excluding tert-OH is 1. The second-order valence-corrected chi connectivity index (χ2v) is 12.1. The molecule has 1 fully saturated rings. The molecule has 0 radical (unpaired) electrons. The fourth-order valence-corrected chi connectivity index (χ4v) is 7.02. The molecule has 0 amide bonds. The van der Waals surface area contributed by atoms with E-state index in [2.05, 4.69) is 5.10 Å². The maximum Gasteiger partial charge on any atom is 0.336 e. The second kappa shape index (κ2) is 11.8. The van der Waals surface area contributed by atoms with Crippen molar-refractivity contribution in [3.8, 4) is 5.69 Å². The van der Waals surface area contributed by atoms with Crippen molar-refractivity contribution in [1.82, 2.24) is 14.7 Å². The molecule has 4 heterocycles. The molecule has 16 heteroatoms. The van der Waals surface area contributed by atoms with Crippen LogP contribution in [0.3, 0.4) is 0 Å². The number of halogens is 4. The lowest BCUT2D eigenvalue weighted by Crippen LogP contribution is -2.51. The Labute approximate surface area is 252 Å². The van der Waals surface area contributed by atoms with Gasteiger partial charge in [-0.25, -0.2) is 18.7 Å². The van der Waals surface area contributed by atoms with Crippen LogP contribution in [0, 0.1) is 12.7 Å². The third-order valence-corrected chi connectivity index (χ3v) is 9.21.